The first-order valence-electron chi connectivity index (χ1n) is 13.2. The highest BCUT2D eigenvalue weighted by Gasteiger charge is 2.65. The van der Waals surface area contributed by atoms with Crippen molar-refractivity contribution >= 4 is 40.6 Å². The van der Waals surface area contributed by atoms with Crippen molar-refractivity contribution in [2.24, 2.45) is 5.41 Å². The molecule has 6 nitrogen and oxygen atoms in total. The number of ketones is 1. The Bertz CT molecular complexity index is 1270. The lowest BCUT2D eigenvalue weighted by molar-refractivity contribution is -0.122. The molecule has 0 radical (unpaired) electrons. The van der Waals surface area contributed by atoms with E-state index in [9.17, 15) is 23.5 Å². The van der Waals surface area contributed by atoms with Crippen LogP contribution >= 0.6 is 23.2 Å². The third-order valence-electron chi connectivity index (χ3n) is 7.75. The van der Waals surface area contributed by atoms with E-state index in [1.807, 2.05) is 20.8 Å². The quantitative estimate of drug-likeness (QED) is 0.321. The fourth-order valence-corrected chi connectivity index (χ4v) is 6.55. The Balaban J connectivity index is 1.87. The number of Topliss-reactive ketones (excluding diaryl/α,β-unsaturated/α-hetero) is 1. The number of fused-ring (bicyclic) bond motifs is 2. The van der Waals surface area contributed by atoms with Crippen molar-refractivity contribution in [2.45, 2.75) is 76.0 Å². The minimum Gasteiger partial charge on any atom is -0.392 e. The normalized spacial score (nSPS) is 25.2. The Kier molecular flexibility index (Phi) is 8.74. The molecule has 212 valence electrons. The Morgan fingerprint density at radius 1 is 1.15 bits per heavy atom. The first-order valence-corrected chi connectivity index (χ1v) is 13.9. The molecule has 0 unspecified atom stereocenters. The zero-order valence-electron chi connectivity index (χ0n) is 22.5. The van der Waals surface area contributed by atoms with Crippen LogP contribution in [0.25, 0.3) is 0 Å². The maximum Gasteiger partial charge on any atom is 0.237 e. The molecule has 2 heterocycles. The molecule has 1 spiro atoms. The Morgan fingerprint density at radius 3 is 2.49 bits per heavy atom. The number of benzene rings is 2. The van der Waals surface area contributed by atoms with Crippen LogP contribution in [0.3, 0.4) is 0 Å². The number of anilines is 1. The lowest BCUT2D eigenvalue weighted by atomic mass is 9.62. The molecule has 4 N–H and O–H groups in total. The Hall–Kier alpha value is -2.10. The first kappa shape index (κ1) is 29.9. The van der Waals surface area contributed by atoms with Crippen LogP contribution in [-0.4, -0.2) is 48.6 Å². The number of likely N-dealkylation sites (N-methyl/N-ethyl adjacent to an activating group) is 1. The number of nitrogens with one attached hydrogen (secondary N) is 3. The van der Waals surface area contributed by atoms with Crippen molar-refractivity contribution < 1.29 is 23.5 Å². The SMILES string of the molecule is CNC[C@@H](O)CCCC(=O)[C@@H]1N[C@H](CC(C)(C)C)[C@]2(C(=O)Nc3cc(Cl)c(F)cc32)[C@H]1c1ccc(F)c(Cl)c1. The van der Waals surface area contributed by atoms with Crippen molar-refractivity contribution in [3.05, 3.63) is 63.1 Å². The molecule has 1 fully saturated rings. The van der Waals surface area contributed by atoms with Gasteiger partial charge in [-0.3, -0.25) is 9.59 Å². The summed E-state index contributed by atoms with van der Waals surface area (Å²) in [6.07, 6.45) is 0.925. The lowest BCUT2D eigenvalue weighted by Gasteiger charge is -2.37. The van der Waals surface area contributed by atoms with Crippen LogP contribution in [0.15, 0.2) is 30.3 Å². The topological polar surface area (TPSA) is 90.5 Å². The molecule has 4 rings (SSSR count). The van der Waals surface area contributed by atoms with E-state index >= 15 is 0 Å². The summed E-state index contributed by atoms with van der Waals surface area (Å²) < 4.78 is 29.2. The molecular formula is C29H35Cl2F2N3O3. The van der Waals surface area contributed by atoms with E-state index in [1.165, 1.54) is 30.3 Å². The standard InChI is InChI=1S/C29H35Cl2F2N3O3/c1-28(2,3)13-24-29(17-11-21(33)19(31)12-22(17)35-27(29)39)25(15-8-9-20(32)18(30)10-15)26(36-24)23(38)7-5-6-16(37)14-34-4/h8-12,16,24-26,34,36-37H,5-7,13-14H2,1-4H3,(H,35,39)/t16-,24+,25-,26-,29-/m0/s1. The summed E-state index contributed by atoms with van der Waals surface area (Å²) >= 11 is 12.3. The van der Waals surface area contributed by atoms with Gasteiger partial charge in [0, 0.05) is 30.6 Å². The van der Waals surface area contributed by atoms with Gasteiger partial charge >= 0.3 is 0 Å². The third-order valence-corrected chi connectivity index (χ3v) is 8.33. The van der Waals surface area contributed by atoms with Gasteiger partial charge in [-0.15, -0.1) is 0 Å². The van der Waals surface area contributed by atoms with Gasteiger partial charge in [-0.05, 0) is 67.1 Å². The fourth-order valence-electron chi connectivity index (χ4n) is 6.20. The van der Waals surface area contributed by atoms with E-state index in [2.05, 4.69) is 16.0 Å². The van der Waals surface area contributed by atoms with Gasteiger partial charge in [-0.25, -0.2) is 8.78 Å². The number of amides is 1. The monoisotopic (exact) mass is 581 g/mol. The highest BCUT2D eigenvalue weighted by atomic mass is 35.5. The number of halogens is 4. The summed E-state index contributed by atoms with van der Waals surface area (Å²) in [6, 6.07) is 5.45. The third kappa shape index (κ3) is 5.72. The van der Waals surface area contributed by atoms with E-state index in [0.717, 1.165) is 0 Å². The summed E-state index contributed by atoms with van der Waals surface area (Å²) in [5.41, 5.74) is -0.368. The maximum absolute atomic E-state index is 15.0. The van der Waals surface area contributed by atoms with Crippen molar-refractivity contribution in [1.29, 1.82) is 0 Å². The van der Waals surface area contributed by atoms with Crippen LogP contribution in [0, 0.1) is 17.0 Å². The van der Waals surface area contributed by atoms with Crippen LogP contribution < -0.4 is 16.0 Å². The number of carbonyl (C=O) groups is 2. The van der Waals surface area contributed by atoms with Crippen molar-refractivity contribution in [3.63, 3.8) is 0 Å². The van der Waals surface area contributed by atoms with Gasteiger partial charge < -0.3 is 21.1 Å². The summed E-state index contributed by atoms with van der Waals surface area (Å²) in [6.45, 7) is 6.50. The van der Waals surface area contributed by atoms with Crippen LogP contribution in [0.2, 0.25) is 10.0 Å². The van der Waals surface area contributed by atoms with Gasteiger partial charge in [0.2, 0.25) is 5.91 Å². The molecule has 0 aliphatic carbocycles. The second-order valence-corrected chi connectivity index (χ2v) is 12.6. The predicted molar refractivity (Wildman–Crippen MR) is 149 cm³/mol. The zero-order chi connectivity index (χ0) is 28.7. The highest BCUT2D eigenvalue weighted by molar-refractivity contribution is 6.31. The molecule has 0 saturated carbocycles. The average Bonchev–Trinajstić information content (AvgIpc) is 3.30. The minimum atomic E-state index is -1.39. The van der Waals surface area contributed by atoms with Gasteiger partial charge in [-0.1, -0.05) is 50.0 Å². The molecule has 10 heteroatoms. The largest absolute Gasteiger partial charge is 0.392 e. The zero-order valence-corrected chi connectivity index (χ0v) is 24.0. The van der Waals surface area contributed by atoms with Gasteiger partial charge in [0.15, 0.2) is 0 Å². The molecule has 2 aromatic rings. The highest BCUT2D eigenvalue weighted by Crippen LogP contribution is 2.57. The molecule has 5 atom stereocenters. The van der Waals surface area contributed by atoms with Gasteiger partial charge in [0.1, 0.15) is 22.8 Å². The molecule has 0 bridgehead atoms. The number of aliphatic hydroxyl groups is 1. The number of rotatable bonds is 9. The summed E-state index contributed by atoms with van der Waals surface area (Å²) in [4.78, 5) is 27.9. The van der Waals surface area contributed by atoms with E-state index in [1.54, 1.807) is 7.05 Å². The van der Waals surface area contributed by atoms with Crippen LogP contribution in [0.4, 0.5) is 14.5 Å². The van der Waals surface area contributed by atoms with Crippen LogP contribution in [0.5, 0.6) is 0 Å². The summed E-state index contributed by atoms with van der Waals surface area (Å²) in [5.74, 6) is -2.64. The predicted octanol–water partition coefficient (Wildman–Crippen LogP) is 5.34. The van der Waals surface area contributed by atoms with Gasteiger partial charge in [0.05, 0.1) is 22.2 Å². The molecule has 2 aliphatic rings. The van der Waals surface area contributed by atoms with Crippen molar-refractivity contribution in [2.75, 3.05) is 18.9 Å². The number of hydrogen-bond donors (Lipinski definition) is 4. The average molecular weight is 583 g/mol. The number of hydrogen-bond acceptors (Lipinski definition) is 5. The lowest BCUT2D eigenvalue weighted by Crippen LogP contribution is -2.49. The molecule has 1 amide bonds. The second kappa shape index (κ2) is 11.4. The molecule has 39 heavy (non-hydrogen) atoms. The van der Waals surface area contributed by atoms with Gasteiger partial charge in [0.25, 0.3) is 0 Å². The Morgan fingerprint density at radius 2 is 1.85 bits per heavy atom. The van der Waals surface area contributed by atoms with Crippen LogP contribution in [0.1, 0.15) is 63.5 Å². The summed E-state index contributed by atoms with van der Waals surface area (Å²) in [7, 11) is 1.74. The molecule has 2 aromatic carbocycles. The smallest absolute Gasteiger partial charge is 0.237 e. The number of carbonyl (C=O) groups excluding carboxylic acids is 2. The first-order chi connectivity index (χ1) is 18.3. The van der Waals surface area contributed by atoms with E-state index in [4.69, 9.17) is 23.2 Å². The molecule has 0 aromatic heterocycles. The maximum atomic E-state index is 15.0. The van der Waals surface area contributed by atoms with Crippen molar-refractivity contribution in [1.82, 2.24) is 10.6 Å². The van der Waals surface area contributed by atoms with E-state index in [0.29, 0.717) is 42.6 Å². The Labute approximate surface area is 237 Å². The molecule has 1 saturated heterocycles. The summed E-state index contributed by atoms with van der Waals surface area (Å²) in [5, 5.41) is 19.1. The molecular weight excluding hydrogens is 547 g/mol. The van der Waals surface area contributed by atoms with Gasteiger partial charge in [-0.2, -0.15) is 0 Å². The fraction of sp³-hybridized carbons (Fsp3) is 0.517. The van der Waals surface area contributed by atoms with E-state index < -0.39 is 41.2 Å². The van der Waals surface area contributed by atoms with Crippen molar-refractivity contribution in [3.8, 4) is 0 Å². The van der Waals surface area contributed by atoms with E-state index in [-0.39, 0.29) is 33.6 Å². The number of aliphatic hydroxyl groups excluding tert-OH is 1. The molecule has 2 aliphatic heterocycles. The minimum absolute atomic E-state index is 0.126. The second-order valence-electron chi connectivity index (χ2n) is 11.8. The van der Waals surface area contributed by atoms with Crippen LogP contribution in [-0.2, 0) is 15.0 Å².